The van der Waals surface area contributed by atoms with Gasteiger partial charge in [-0.1, -0.05) is 24.3 Å². The van der Waals surface area contributed by atoms with Crippen molar-refractivity contribution in [3.05, 3.63) is 59.9 Å². The van der Waals surface area contributed by atoms with Gasteiger partial charge in [-0.15, -0.1) is 5.10 Å². The monoisotopic (exact) mass is 447 g/mol. The molecule has 0 aliphatic carbocycles. The Morgan fingerprint density at radius 2 is 1.80 bits per heavy atom. The van der Waals surface area contributed by atoms with E-state index >= 15 is 0 Å². The Balaban J connectivity index is 1.58. The van der Waals surface area contributed by atoms with Gasteiger partial charge in [-0.25, -0.2) is 21.6 Å². The first-order chi connectivity index (χ1) is 14.1. The van der Waals surface area contributed by atoms with Crippen molar-refractivity contribution in [2.75, 3.05) is 11.0 Å². The number of sulfone groups is 1. The summed E-state index contributed by atoms with van der Waals surface area (Å²) in [7, 11) is -7.12. The number of amides is 1. The molecule has 0 fully saturated rings. The molecule has 2 N–H and O–H groups in total. The van der Waals surface area contributed by atoms with E-state index in [0.29, 0.717) is 11.3 Å². The van der Waals surface area contributed by atoms with Gasteiger partial charge in [0.25, 0.3) is 15.9 Å². The molecular formula is C18H17N5O5S2. The molecule has 12 heteroatoms. The van der Waals surface area contributed by atoms with Crippen molar-refractivity contribution in [3.63, 3.8) is 0 Å². The largest absolute Gasteiger partial charge is 0.343 e. The SMILES string of the molecule is C[C@H](NC(=O)c1nc2n(n1)-c1ccccc1S(=O)(=O)N2)c1ccc(S(C)(=O)=O)cc1. The molecule has 1 atom stereocenters. The highest BCUT2D eigenvalue weighted by atomic mass is 32.2. The molecule has 2 heterocycles. The minimum atomic E-state index is -3.80. The van der Waals surface area contributed by atoms with Crippen LogP contribution in [0.2, 0.25) is 0 Å². The molecule has 1 aromatic heterocycles. The third-order valence-corrected chi connectivity index (χ3v) is 7.08. The van der Waals surface area contributed by atoms with Crippen molar-refractivity contribution >= 4 is 31.7 Å². The molecule has 3 aromatic rings. The Bertz CT molecular complexity index is 1360. The minimum Gasteiger partial charge on any atom is -0.343 e. The first kappa shape index (κ1) is 20.0. The predicted molar refractivity (Wildman–Crippen MR) is 108 cm³/mol. The fourth-order valence-corrected chi connectivity index (χ4v) is 4.83. The van der Waals surface area contributed by atoms with Gasteiger partial charge in [0.05, 0.1) is 16.6 Å². The fraction of sp³-hybridized carbons (Fsp3) is 0.167. The van der Waals surface area contributed by atoms with E-state index in [0.717, 1.165) is 6.26 Å². The summed E-state index contributed by atoms with van der Waals surface area (Å²) in [5.74, 6) is -0.888. The average molecular weight is 447 g/mol. The molecule has 30 heavy (non-hydrogen) atoms. The number of nitrogens with zero attached hydrogens (tertiary/aromatic N) is 3. The lowest BCUT2D eigenvalue weighted by Crippen LogP contribution is -2.27. The predicted octanol–water partition coefficient (Wildman–Crippen LogP) is 1.28. The van der Waals surface area contributed by atoms with Crippen LogP contribution in [0.25, 0.3) is 5.69 Å². The van der Waals surface area contributed by atoms with Crippen molar-refractivity contribution in [2.24, 2.45) is 0 Å². The van der Waals surface area contributed by atoms with Crippen molar-refractivity contribution in [1.29, 1.82) is 0 Å². The maximum atomic E-state index is 12.6. The molecule has 2 aromatic carbocycles. The Labute approximate surface area is 172 Å². The summed E-state index contributed by atoms with van der Waals surface area (Å²) in [6, 6.07) is 11.9. The molecule has 4 rings (SSSR count). The van der Waals surface area contributed by atoms with Crippen LogP contribution in [0.15, 0.2) is 58.3 Å². The number of nitrogens with one attached hydrogen (secondary N) is 2. The minimum absolute atomic E-state index is 0.0358. The molecule has 1 aliphatic heterocycles. The zero-order valence-electron chi connectivity index (χ0n) is 15.9. The summed E-state index contributed by atoms with van der Waals surface area (Å²) in [6.45, 7) is 1.72. The molecule has 0 saturated carbocycles. The highest BCUT2D eigenvalue weighted by molar-refractivity contribution is 7.93. The van der Waals surface area contributed by atoms with Crippen LogP contribution in [0.1, 0.15) is 29.1 Å². The molecule has 1 aliphatic rings. The van der Waals surface area contributed by atoms with Gasteiger partial charge in [0.2, 0.25) is 11.8 Å². The highest BCUT2D eigenvalue weighted by Crippen LogP contribution is 2.29. The topological polar surface area (TPSA) is 140 Å². The maximum absolute atomic E-state index is 12.6. The number of aromatic nitrogens is 3. The van der Waals surface area contributed by atoms with E-state index in [1.165, 1.54) is 22.9 Å². The van der Waals surface area contributed by atoms with E-state index in [1.54, 1.807) is 37.3 Å². The molecule has 1 amide bonds. The number of hydrogen-bond acceptors (Lipinski definition) is 7. The van der Waals surface area contributed by atoms with Gasteiger partial charge in [0.15, 0.2) is 9.84 Å². The number of carbonyl (C=O) groups excluding carboxylic acids is 1. The fourth-order valence-electron chi connectivity index (χ4n) is 3.03. The lowest BCUT2D eigenvalue weighted by molar-refractivity contribution is 0.0929. The van der Waals surface area contributed by atoms with Crippen LogP contribution >= 0.6 is 0 Å². The van der Waals surface area contributed by atoms with Gasteiger partial charge in [-0.2, -0.15) is 9.67 Å². The van der Waals surface area contributed by atoms with Crippen LogP contribution in [0.4, 0.5) is 5.95 Å². The normalized spacial score (nSPS) is 15.4. The number of benzene rings is 2. The van der Waals surface area contributed by atoms with Crippen molar-refractivity contribution in [3.8, 4) is 5.69 Å². The van der Waals surface area contributed by atoms with Crippen LogP contribution < -0.4 is 10.0 Å². The highest BCUT2D eigenvalue weighted by Gasteiger charge is 2.31. The second kappa shape index (κ2) is 6.92. The summed E-state index contributed by atoms with van der Waals surface area (Å²) in [6.07, 6.45) is 1.12. The molecule has 0 bridgehead atoms. The van der Waals surface area contributed by atoms with Gasteiger partial charge >= 0.3 is 0 Å². The van der Waals surface area contributed by atoms with Gasteiger partial charge in [-0.3, -0.25) is 4.79 Å². The Morgan fingerprint density at radius 3 is 2.47 bits per heavy atom. The molecule has 156 valence electrons. The summed E-state index contributed by atoms with van der Waals surface area (Å²) < 4.78 is 51.4. The van der Waals surface area contributed by atoms with Crippen molar-refractivity contribution < 1.29 is 21.6 Å². The van der Waals surface area contributed by atoms with E-state index in [2.05, 4.69) is 20.1 Å². The first-order valence-electron chi connectivity index (χ1n) is 8.76. The zero-order chi connectivity index (χ0) is 21.7. The lowest BCUT2D eigenvalue weighted by Gasteiger charge is -2.17. The summed E-state index contributed by atoms with van der Waals surface area (Å²) in [4.78, 5) is 16.8. The quantitative estimate of drug-likeness (QED) is 0.614. The van der Waals surface area contributed by atoms with Crippen LogP contribution in [0.5, 0.6) is 0 Å². The van der Waals surface area contributed by atoms with Crippen LogP contribution in [0, 0.1) is 0 Å². The number of fused-ring (bicyclic) bond motifs is 3. The van der Waals surface area contributed by atoms with Crippen LogP contribution in [-0.4, -0.2) is 43.8 Å². The number of hydrogen-bond donors (Lipinski definition) is 2. The number of para-hydroxylation sites is 1. The second-order valence-corrected chi connectivity index (χ2v) is 10.4. The molecule has 0 saturated heterocycles. The Hall–Kier alpha value is -3.25. The van der Waals surface area contributed by atoms with Crippen molar-refractivity contribution in [2.45, 2.75) is 22.8 Å². The first-order valence-corrected chi connectivity index (χ1v) is 12.1. The second-order valence-electron chi connectivity index (χ2n) is 6.78. The van der Waals surface area contributed by atoms with Crippen LogP contribution in [-0.2, 0) is 19.9 Å². The summed E-state index contributed by atoms with van der Waals surface area (Å²) >= 11 is 0. The maximum Gasteiger partial charge on any atom is 0.291 e. The number of rotatable bonds is 4. The third-order valence-electron chi connectivity index (χ3n) is 4.57. The smallest absolute Gasteiger partial charge is 0.291 e. The third kappa shape index (κ3) is 3.55. The van der Waals surface area contributed by atoms with E-state index in [9.17, 15) is 21.6 Å². The molecule has 0 unspecified atom stereocenters. The van der Waals surface area contributed by atoms with Crippen molar-refractivity contribution in [1.82, 2.24) is 20.1 Å². The van der Waals surface area contributed by atoms with Gasteiger partial charge in [0.1, 0.15) is 4.90 Å². The molecule has 0 radical (unpaired) electrons. The molecule has 0 spiro atoms. The summed E-state index contributed by atoms with van der Waals surface area (Å²) in [5, 5.41) is 6.86. The zero-order valence-corrected chi connectivity index (χ0v) is 17.5. The van der Waals surface area contributed by atoms with E-state index in [4.69, 9.17) is 0 Å². The average Bonchev–Trinajstić information content (AvgIpc) is 3.11. The van der Waals surface area contributed by atoms with E-state index in [1.807, 2.05) is 0 Å². The molecule has 10 nitrogen and oxygen atoms in total. The Kier molecular flexibility index (Phi) is 4.62. The number of sulfonamides is 1. The number of carbonyl (C=O) groups is 1. The van der Waals surface area contributed by atoms with Gasteiger partial charge < -0.3 is 5.32 Å². The van der Waals surface area contributed by atoms with E-state index in [-0.39, 0.29) is 21.6 Å². The number of anilines is 1. The lowest BCUT2D eigenvalue weighted by atomic mass is 10.1. The summed E-state index contributed by atoms with van der Waals surface area (Å²) in [5.41, 5.74) is 0.980. The standard InChI is InChI=1S/C18H17N5O5S2/c1-11(12-7-9-13(10-8-12)29(2,25)26)19-17(24)16-20-18-22-30(27,28)15-6-4-3-5-14(15)23(18)21-16/h3-11H,1-2H3,(H,19,24)(H,20,21,22)/t11-/m0/s1. The van der Waals surface area contributed by atoms with Crippen LogP contribution in [0.3, 0.4) is 0 Å². The Morgan fingerprint density at radius 1 is 1.13 bits per heavy atom. The van der Waals surface area contributed by atoms with E-state index < -0.39 is 31.8 Å². The molecular weight excluding hydrogens is 430 g/mol. The van der Waals surface area contributed by atoms with Gasteiger partial charge in [-0.05, 0) is 36.8 Å². The van der Waals surface area contributed by atoms with Gasteiger partial charge in [0, 0.05) is 6.26 Å².